The van der Waals surface area contributed by atoms with E-state index in [1.54, 1.807) is 11.8 Å². The molecule has 0 saturated heterocycles. The van der Waals surface area contributed by atoms with Gasteiger partial charge in [0.1, 0.15) is 5.78 Å². The molecule has 0 aromatic rings. The highest BCUT2D eigenvalue weighted by Crippen LogP contribution is 2.62. The summed E-state index contributed by atoms with van der Waals surface area (Å²) in [6, 6.07) is 0. The third kappa shape index (κ3) is 1.37. The van der Waals surface area contributed by atoms with Gasteiger partial charge in [0.05, 0.1) is 0 Å². The lowest BCUT2D eigenvalue weighted by atomic mass is 9.53. The van der Waals surface area contributed by atoms with E-state index in [1.807, 2.05) is 0 Å². The molecule has 4 rings (SSSR count). The summed E-state index contributed by atoms with van der Waals surface area (Å²) in [7, 11) is 0. The molecule has 0 spiro atoms. The van der Waals surface area contributed by atoms with Gasteiger partial charge in [-0.2, -0.15) is 0 Å². The van der Waals surface area contributed by atoms with E-state index in [1.165, 1.54) is 19.3 Å². The van der Waals surface area contributed by atoms with E-state index in [-0.39, 0.29) is 5.41 Å². The van der Waals surface area contributed by atoms with Crippen molar-refractivity contribution in [3.8, 4) is 0 Å². The van der Waals surface area contributed by atoms with Gasteiger partial charge in [-0.15, -0.1) is 0 Å². The van der Waals surface area contributed by atoms with Crippen LogP contribution in [0.3, 0.4) is 0 Å². The monoisotopic (exact) mass is 241 g/mol. The summed E-state index contributed by atoms with van der Waals surface area (Å²) in [5, 5.41) is 0. The molecular formula is C17H21O. The van der Waals surface area contributed by atoms with E-state index >= 15 is 0 Å². The number of rotatable bonds is 0. The Bertz CT molecular complexity index is 374. The lowest BCUT2D eigenvalue weighted by Crippen LogP contribution is -2.45. The zero-order valence-corrected chi connectivity index (χ0v) is 11.1. The summed E-state index contributed by atoms with van der Waals surface area (Å²) in [5.74, 6) is 5.97. The Hall–Kier alpha value is -0.330. The maximum absolute atomic E-state index is 12.2. The number of carbonyl (C=O) groups is 1. The lowest BCUT2D eigenvalue weighted by molar-refractivity contribution is -0.130. The molecule has 0 aromatic heterocycles. The van der Waals surface area contributed by atoms with Crippen LogP contribution in [0.5, 0.6) is 0 Å². The SMILES string of the molecule is C[C@]12CC[C@@H]3[C]4[CH][CH][CH][C]4CC[C@H]3[C@H]1CCC2=O. The fourth-order valence-electron chi connectivity index (χ4n) is 5.23. The fraction of sp³-hybridized carbons (Fsp3) is 0.647. The van der Waals surface area contributed by atoms with Crippen LogP contribution in [0.4, 0.5) is 0 Å². The van der Waals surface area contributed by atoms with Gasteiger partial charge in [-0.3, -0.25) is 4.79 Å². The van der Waals surface area contributed by atoms with E-state index in [9.17, 15) is 4.79 Å². The van der Waals surface area contributed by atoms with Crippen molar-refractivity contribution in [3.63, 3.8) is 0 Å². The smallest absolute Gasteiger partial charge is 0.139 e. The van der Waals surface area contributed by atoms with Crippen LogP contribution in [0, 0.1) is 54.3 Å². The van der Waals surface area contributed by atoms with E-state index in [4.69, 9.17) is 0 Å². The number of hydrogen-bond donors (Lipinski definition) is 0. The van der Waals surface area contributed by atoms with Crippen LogP contribution < -0.4 is 0 Å². The maximum Gasteiger partial charge on any atom is 0.139 e. The minimum Gasteiger partial charge on any atom is -0.299 e. The number of fused-ring (bicyclic) bond motifs is 5. The Morgan fingerprint density at radius 3 is 2.94 bits per heavy atom. The van der Waals surface area contributed by atoms with Crippen molar-refractivity contribution >= 4 is 5.78 Å². The summed E-state index contributed by atoms with van der Waals surface area (Å²) >= 11 is 0. The second-order valence-electron chi connectivity index (χ2n) is 6.84. The molecule has 0 amide bonds. The Labute approximate surface area is 111 Å². The summed E-state index contributed by atoms with van der Waals surface area (Å²) < 4.78 is 0. The standard InChI is InChI=1S/C17H21O/c1-17-10-9-13-12-4-2-3-11(12)5-6-14(13)15(17)7-8-16(17)18/h2-4,13-15H,5-10H2,1H3/t13-,14-,15-,17+/m1/s1. The molecule has 4 aliphatic rings. The van der Waals surface area contributed by atoms with Gasteiger partial charge in [0, 0.05) is 11.8 Å². The third-order valence-electron chi connectivity index (χ3n) is 6.24. The molecule has 1 nitrogen and oxygen atoms in total. The van der Waals surface area contributed by atoms with Crippen molar-refractivity contribution < 1.29 is 4.79 Å². The first-order valence-electron chi connectivity index (χ1n) is 7.48. The number of Topliss-reactive ketones (excluding diaryl/α,β-unsaturated/α-hetero) is 1. The zero-order chi connectivity index (χ0) is 12.3. The molecule has 0 N–H and O–H groups in total. The van der Waals surface area contributed by atoms with Gasteiger partial charge < -0.3 is 0 Å². The highest BCUT2D eigenvalue weighted by molar-refractivity contribution is 5.87. The van der Waals surface area contributed by atoms with E-state index < -0.39 is 0 Å². The summed E-state index contributed by atoms with van der Waals surface area (Å²) in [4.78, 5) is 12.2. The van der Waals surface area contributed by atoms with Crippen molar-refractivity contribution in [2.24, 2.45) is 23.2 Å². The normalized spacial score (nSPS) is 48.9. The Kier molecular flexibility index (Phi) is 2.45. The van der Waals surface area contributed by atoms with Crippen LogP contribution in [0.2, 0.25) is 0 Å². The van der Waals surface area contributed by atoms with Crippen LogP contribution in [0.25, 0.3) is 0 Å². The Morgan fingerprint density at radius 2 is 2.06 bits per heavy atom. The van der Waals surface area contributed by atoms with Gasteiger partial charge >= 0.3 is 0 Å². The topological polar surface area (TPSA) is 17.1 Å². The number of hydrogen-bond acceptors (Lipinski definition) is 1. The van der Waals surface area contributed by atoms with Gasteiger partial charge in [-0.05, 0) is 81.0 Å². The molecule has 4 saturated carbocycles. The molecule has 18 heavy (non-hydrogen) atoms. The average molecular weight is 241 g/mol. The Balaban J connectivity index is 1.64. The molecule has 1 heteroatoms. The van der Waals surface area contributed by atoms with Gasteiger partial charge in [-0.25, -0.2) is 0 Å². The molecule has 0 heterocycles. The summed E-state index contributed by atoms with van der Waals surface area (Å²) in [6.07, 6.45) is 13.8. The Morgan fingerprint density at radius 1 is 1.17 bits per heavy atom. The van der Waals surface area contributed by atoms with E-state index in [0.717, 1.165) is 31.1 Å². The summed E-state index contributed by atoms with van der Waals surface area (Å²) in [5.41, 5.74) is 0.0330. The molecule has 95 valence electrons. The highest BCUT2D eigenvalue weighted by atomic mass is 16.1. The predicted molar refractivity (Wildman–Crippen MR) is 70.7 cm³/mol. The van der Waals surface area contributed by atoms with Crippen LogP contribution in [0.1, 0.15) is 45.4 Å². The molecule has 0 unspecified atom stereocenters. The van der Waals surface area contributed by atoms with Gasteiger partial charge in [-0.1, -0.05) is 6.92 Å². The average Bonchev–Trinajstić information content (AvgIpc) is 2.94. The van der Waals surface area contributed by atoms with Crippen molar-refractivity contribution in [1.82, 2.24) is 0 Å². The van der Waals surface area contributed by atoms with Crippen molar-refractivity contribution in [3.05, 3.63) is 31.1 Å². The minimum absolute atomic E-state index is 0.0330. The third-order valence-corrected chi connectivity index (χ3v) is 6.24. The van der Waals surface area contributed by atoms with Crippen molar-refractivity contribution in [2.45, 2.75) is 45.4 Å². The quantitative estimate of drug-likeness (QED) is 0.633. The van der Waals surface area contributed by atoms with Crippen molar-refractivity contribution in [2.75, 3.05) is 0 Å². The molecule has 4 aliphatic carbocycles. The fourth-order valence-corrected chi connectivity index (χ4v) is 5.23. The molecule has 0 bridgehead atoms. The first-order chi connectivity index (χ1) is 8.70. The predicted octanol–water partition coefficient (Wildman–Crippen LogP) is 3.57. The lowest BCUT2D eigenvalue weighted by Gasteiger charge is -2.51. The summed E-state index contributed by atoms with van der Waals surface area (Å²) in [6.45, 7) is 2.25. The molecule has 5 radical (unpaired) electrons. The minimum atomic E-state index is 0.0330. The van der Waals surface area contributed by atoms with Gasteiger partial charge in [0.25, 0.3) is 0 Å². The van der Waals surface area contributed by atoms with Crippen LogP contribution >= 0.6 is 0 Å². The highest BCUT2D eigenvalue weighted by Gasteiger charge is 2.57. The van der Waals surface area contributed by atoms with Crippen LogP contribution in [-0.4, -0.2) is 5.78 Å². The molecular weight excluding hydrogens is 220 g/mol. The number of carbonyl (C=O) groups excluding carboxylic acids is 1. The zero-order valence-electron chi connectivity index (χ0n) is 11.1. The molecule has 4 fully saturated rings. The molecule has 0 aromatic carbocycles. The molecule has 0 aliphatic heterocycles. The number of ketones is 1. The molecule has 4 atom stereocenters. The van der Waals surface area contributed by atoms with Gasteiger partial charge in [0.2, 0.25) is 0 Å². The van der Waals surface area contributed by atoms with Gasteiger partial charge in [0.15, 0.2) is 0 Å². The largest absolute Gasteiger partial charge is 0.299 e. The second kappa shape index (κ2) is 3.84. The van der Waals surface area contributed by atoms with Crippen LogP contribution in [0.15, 0.2) is 0 Å². The van der Waals surface area contributed by atoms with Crippen molar-refractivity contribution in [1.29, 1.82) is 0 Å². The van der Waals surface area contributed by atoms with E-state index in [2.05, 4.69) is 26.2 Å². The van der Waals surface area contributed by atoms with Crippen LogP contribution in [-0.2, 0) is 4.79 Å². The first-order valence-corrected chi connectivity index (χ1v) is 7.48. The van der Waals surface area contributed by atoms with E-state index in [0.29, 0.717) is 11.7 Å². The second-order valence-corrected chi connectivity index (χ2v) is 6.84. The first kappa shape index (κ1) is 11.5. The maximum atomic E-state index is 12.2.